The van der Waals surface area contributed by atoms with Crippen molar-refractivity contribution in [1.29, 1.82) is 0 Å². The Morgan fingerprint density at radius 1 is 1.06 bits per heavy atom. The van der Waals surface area contributed by atoms with Crippen LogP contribution in [0.3, 0.4) is 0 Å². The van der Waals surface area contributed by atoms with Gasteiger partial charge in [-0.25, -0.2) is 5.01 Å². The molecule has 0 bridgehead atoms. The van der Waals surface area contributed by atoms with Crippen molar-refractivity contribution in [2.24, 2.45) is 5.41 Å². The van der Waals surface area contributed by atoms with Crippen LogP contribution in [0.5, 0.6) is 5.75 Å². The smallest absolute Gasteiger partial charge is 0.410 e. The number of ether oxygens (including phenoxy) is 1. The van der Waals surface area contributed by atoms with E-state index < -0.39 is 23.5 Å². The fourth-order valence-electron chi connectivity index (χ4n) is 4.22. The van der Waals surface area contributed by atoms with Gasteiger partial charge in [0.15, 0.2) is 6.04 Å². The molecule has 1 aliphatic rings. The van der Waals surface area contributed by atoms with Crippen LogP contribution in [0.4, 0.5) is 13.2 Å². The molecule has 2 aromatic carbocycles. The highest BCUT2D eigenvalue weighted by Gasteiger charge is 2.52. The van der Waals surface area contributed by atoms with Crippen LogP contribution >= 0.6 is 0 Å². The van der Waals surface area contributed by atoms with E-state index in [0.29, 0.717) is 17.4 Å². The average Bonchev–Trinajstić information content (AvgIpc) is 2.99. The lowest BCUT2D eigenvalue weighted by molar-refractivity contribution is -0.191. The standard InChI is InChI=1S/C25H33F3N2O2/c1-4-5-6-7-8-11-16-32-20-15-14-18-12-9-10-13-19(18)21(20)22(25(26,27)28)30-17-24(2,3)23(31)29-30/h9-10,12-15,22H,4-8,11,16-17H2,1-3H3,(H,29,31)/t22-/m0/s1. The van der Waals surface area contributed by atoms with Gasteiger partial charge in [0.2, 0.25) is 5.91 Å². The fraction of sp³-hybridized carbons (Fsp3) is 0.560. The molecular formula is C25H33F3N2O2. The van der Waals surface area contributed by atoms with E-state index >= 15 is 0 Å². The Balaban J connectivity index is 1.92. The molecule has 1 fully saturated rings. The summed E-state index contributed by atoms with van der Waals surface area (Å²) in [5.41, 5.74) is 1.60. The van der Waals surface area contributed by atoms with Gasteiger partial charge >= 0.3 is 6.18 Å². The maximum Gasteiger partial charge on any atom is 0.410 e. The van der Waals surface area contributed by atoms with E-state index in [0.717, 1.165) is 30.7 Å². The molecule has 1 atom stereocenters. The van der Waals surface area contributed by atoms with Gasteiger partial charge in [-0.15, -0.1) is 0 Å². The molecule has 1 heterocycles. The average molecular weight is 451 g/mol. The van der Waals surface area contributed by atoms with Crippen LogP contribution in [-0.4, -0.2) is 30.2 Å². The number of unbranched alkanes of at least 4 members (excludes halogenated alkanes) is 5. The number of amides is 1. The largest absolute Gasteiger partial charge is 0.493 e. The molecule has 1 N–H and O–H groups in total. The van der Waals surface area contributed by atoms with Crippen molar-refractivity contribution in [2.45, 2.75) is 71.5 Å². The zero-order valence-electron chi connectivity index (χ0n) is 19.1. The zero-order chi connectivity index (χ0) is 23.4. The summed E-state index contributed by atoms with van der Waals surface area (Å²) in [6.45, 7) is 5.77. The Hall–Kier alpha value is -2.28. The fourth-order valence-corrected chi connectivity index (χ4v) is 4.22. The lowest BCUT2D eigenvalue weighted by Crippen LogP contribution is -2.43. The summed E-state index contributed by atoms with van der Waals surface area (Å²) in [6, 6.07) is 8.40. The normalized spacial score (nSPS) is 17.5. The van der Waals surface area contributed by atoms with Crippen LogP contribution < -0.4 is 10.2 Å². The second kappa shape index (κ2) is 10.1. The number of hydrazine groups is 1. The third kappa shape index (κ3) is 5.55. The third-order valence-electron chi connectivity index (χ3n) is 6.01. The Kier molecular flexibility index (Phi) is 7.70. The number of fused-ring (bicyclic) bond motifs is 1. The van der Waals surface area contributed by atoms with Crippen molar-refractivity contribution in [3.8, 4) is 5.75 Å². The first-order valence-electron chi connectivity index (χ1n) is 11.4. The van der Waals surface area contributed by atoms with Crippen molar-refractivity contribution >= 4 is 16.7 Å². The molecule has 0 unspecified atom stereocenters. The number of hydrogen-bond donors (Lipinski definition) is 1. The first kappa shape index (κ1) is 24.4. The minimum Gasteiger partial charge on any atom is -0.493 e. The van der Waals surface area contributed by atoms with Gasteiger partial charge < -0.3 is 4.74 Å². The van der Waals surface area contributed by atoms with Gasteiger partial charge in [0.05, 0.1) is 12.0 Å². The van der Waals surface area contributed by atoms with Crippen molar-refractivity contribution in [3.63, 3.8) is 0 Å². The molecule has 1 amide bonds. The molecule has 1 saturated heterocycles. The molecule has 0 radical (unpaired) electrons. The van der Waals surface area contributed by atoms with Crippen LogP contribution in [0.25, 0.3) is 10.8 Å². The maximum atomic E-state index is 14.5. The predicted octanol–water partition coefficient (Wildman–Crippen LogP) is 6.56. The number of hydrogen-bond acceptors (Lipinski definition) is 3. The monoisotopic (exact) mass is 450 g/mol. The summed E-state index contributed by atoms with van der Waals surface area (Å²) in [5, 5.41) is 2.20. The van der Waals surface area contributed by atoms with Crippen LogP contribution in [-0.2, 0) is 4.79 Å². The Labute approximate surface area is 188 Å². The molecule has 2 aromatic rings. The quantitative estimate of drug-likeness (QED) is 0.417. The van der Waals surface area contributed by atoms with Crippen LogP contribution in [0.2, 0.25) is 0 Å². The highest BCUT2D eigenvalue weighted by molar-refractivity contribution is 5.89. The topological polar surface area (TPSA) is 41.6 Å². The summed E-state index contributed by atoms with van der Waals surface area (Å²) < 4.78 is 49.3. The van der Waals surface area contributed by atoms with E-state index in [4.69, 9.17) is 4.74 Å². The van der Waals surface area contributed by atoms with E-state index in [2.05, 4.69) is 12.3 Å². The second-order valence-corrected chi connectivity index (χ2v) is 9.21. The number of nitrogens with zero attached hydrogens (tertiary/aromatic N) is 1. The number of alkyl halides is 3. The molecule has 1 aliphatic heterocycles. The molecule has 0 spiro atoms. The molecule has 32 heavy (non-hydrogen) atoms. The summed E-state index contributed by atoms with van der Waals surface area (Å²) in [6.07, 6.45) is 1.80. The number of nitrogens with one attached hydrogen (secondary N) is 1. The molecule has 176 valence electrons. The van der Waals surface area contributed by atoms with Crippen molar-refractivity contribution in [2.75, 3.05) is 13.2 Å². The first-order valence-corrected chi connectivity index (χ1v) is 11.4. The Morgan fingerprint density at radius 3 is 2.41 bits per heavy atom. The summed E-state index contributed by atoms with van der Waals surface area (Å²) in [5.74, 6) is -0.194. The highest BCUT2D eigenvalue weighted by atomic mass is 19.4. The lowest BCUT2D eigenvalue weighted by atomic mass is 9.92. The van der Waals surface area contributed by atoms with Crippen LogP contribution in [0.1, 0.15) is 70.9 Å². The van der Waals surface area contributed by atoms with Gasteiger partial charge in [0, 0.05) is 12.1 Å². The van der Waals surface area contributed by atoms with Gasteiger partial charge in [-0.05, 0) is 37.1 Å². The number of carbonyl (C=O) groups excluding carboxylic acids is 1. The summed E-state index contributed by atoms with van der Waals surface area (Å²) in [4.78, 5) is 12.3. The predicted molar refractivity (Wildman–Crippen MR) is 120 cm³/mol. The molecule has 0 aromatic heterocycles. The van der Waals surface area contributed by atoms with E-state index in [9.17, 15) is 18.0 Å². The molecule has 0 saturated carbocycles. The Bertz CT molecular complexity index is 927. The van der Waals surface area contributed by atoms with Gasteiger partial charge in [0.1, 0.15) is 5.75 Å². The first-order chi connectivity index (χ1) is 15.1. The van der Waals surface area contributed by atoms with Crippen molar-refractivity contribution in [3.05, 3.63) is 42.0 Å². The van der Waals surface area contributed by atoms with Gasteiger partial charge in [0.25, 0.3) is 0 Å². The minimum absolute atomic E-state index is 0.0455. The van der Waals surface area contributed by atoms with E-state index in [-0.39, 0.29) is 17.9 Å². The summed E-state index contributed by atoms with van der Waals surface area (Å²) >= 11 is 0. The van der Waals surface area contributed by atoms with Gasteiger partial charge in [-0.3, -0.25) is 10.2 Å². The van der Waals surface area contributed by atoms with E-state index in [1.54, 1.807) is 50.2 Å². The SMILES string of the molecule is CCCCCCCCOc1ccc2ccccc2c1[C@H](N1CC(C)(C)C(=O)N1)C(F)(F)F. The maximum absolute atomic E-state index is 14.5. The number of rotatable bonds is 10. The molecule has 0 aliphatic carbocycles. The van der Waals surface area contributed by atoms with Crippen molar-refractivity contribution in [1.82, 2.24) is 10.4 Å². The van der Waals surface area contributed by atoms with E-state index in [1.807, 2.05) is 0 Å². The van der Waals surface area contributed by atoms with E-state index in [1.165, 1.54) is 12.8 Å². The molecular weight excluding hydrogens is 417 g/mol. The van der Waals surface area contributed by atoms with Crippen molar-refractivity contribution < 1.29 is 22.7 Å². The zero-order valence-corrected chi connectivity index (χ0v) is 19.1. The van der Waals surface area contributed by atoms with Gasteiger partial charge in [-0.2, -0.15) is 13.2 Å². The Morgan fingerprint density at radius 2 is 1.75 bits per heavy atom. The number of halogens is 3. The highest BCUT2D eigenvalue weighted by Crippen LogP contribution is 2.46. The van der Waals surface area contributed by atoms with Crippen LogP contribution in [0, 0.1) is 5.41 Å². The van der Waals surface area contributed by atoms with Gasteiger partial charge in [-0.1, -0.05) is 69.4 Å². The lowest BCUT2D eigenvalue weighted by Gasteiger charge is -2.32. The minimum atomic E-state index is -4.60. The molecule has 3 rings (SSSR count). The summed E-state index contributed by atoms with van der Waals surface area (Å²) in [7, 11) is 0. The van der Waals surface area contributed by atoms with Crippen LogP contribution in [0.15, 0.2) is 36.4 Å². The third-order valence-corrected chi connectivity index (χ3v) is 6.01. The molecule has 4 nitrogen and oxygen atoms in total. The number of carbonyl (C=O) groups is 1. The molecule has 7 heteroatoms. The number of benzene rings is 2. The second-order valence-electron chi connectivity index (χ2n) is 9.21.